The number of fused-ring (bicyclic) bond motifs is 2. The van der Waals surface area contributed by atoms with Crippen LogP contribution in [0.1, 0.15) is 51.2 Å². The van der Waals surface area contributed by atoms with Crippen LogP contribution in [0.3, 0.4) is 0 Å². The lowest BCUT2D eigenvalue weighted by Gasteiger charge is -2.32. The molecule has 0 aliphatic carbocycles. The Morgan fingerprint density at radius 2 is 1.91 bits per heavy atom. The minimum absolute atomic E-state index is 0.00384. The van der Waals surface area contributed by atoms with Crippen LogP contribution in [0.15, 0.2) is 47.4 Å². The van der Waals surface area contributed by atoms with Gasteiger partial charge in [-0.25, -0.2) is 17.9 Å². The number of aryl methyl sites for hydroxylation is 1. The molecule has 0 unspecified atom stereocenters. The number of nitrogens with one attached hydrogen (secondary N) is 2. The van der Waals surface area contributed by atoms with Crippen molar-refractivity contribution in [3.8, 4) is 5.75 Å². The van der Waals surface area contributed by atoms with Gasteiger partial charge in [-0.05, 0) is 56.9 Å². The Morgan fingerprint density at radius 3 is 2.56 bits per heavy atom. The summed E-state index contributed by atoms with van der Waals surface area (Å²) in [6.07, 6.45) is 2.58. The summed E-state index contributed by atoms with van der Waals surface area (Å²) < 4.78 is 39.9. The van der Waals surface area contributed by atoms with E-state index in [0.29, 0.717) is 22.3 Å². The second kappa shape index (κ2) is 9.06. The number of urea groups is 1. The van der Waals surface area contributed by atoms with Crippen molar-refractivity contribution in [1.29, 1.82) is 0 Å². The summed E-state index contributed by atoms with van der Waals surface area (Å²) in [4.78, 5) is 12.4. The van der Waals surface area contributed by atoms with Crippen LogP contribution in [0.25, 0.3) is 0 Å². The van der Waals surface area contributed by atoms with Crippen molar-refractivity contribution in [2.45, 2.75) is 75.7 Å². The third kappa shape index (κ3) is 4.76. The molecule has 2 saturated heterocycles. The highest BCUT2D eigenvalue weighted by molar-refractivity contribution is 7.90. The van der Waals surface area contributed by atoms with E-state index in [2.05, 4.69) is 26.1 Å². The molecule has 9 heteroatoms. The zero-order chi connectivity index (χ0) is 24.7. The van der Waals surface area contributed by atoms with E-state index in [9.17, 15) is 13.2 Å². The van der Waals surface area contributed by atoms with Crippen LogP contribution in [0, 0.1) is 12.8 Å². The second-order valence-corrected chi connectivity index (χ2v) is 11.9. The number of ether oxygens (including phenoxy) is 2. The van der Waals surface area contributed by atoms with E-state index in [1.165, 1.54) is 12.1 Å². The summed E-state index contributed by atoms with van der Waals surface area (Å²) in [7, 11) is -3.99. The first-order valence-electron chi connectivity index (χ1n) is 11.5. The van der Waals surface area contributed by atoms with E-state index >= 15 is 0 Å². The zero-order valence-corrected chi connectivity index (χ0v) is 21.4. The Kier molecular flexibility index (Phi) is 6.61. The van der Waals surface area contributed by atoms with Crippen molar-refractivity contribution >= 4 is 27.7 Å². The van der Waals surface area contributed by atoms with Gasteiger partial charge in [0, 0.05) is 23.6 Å². The van der Waals surface area contributed by atoms with Gasteiger partial charge < -0.3 is 14.8 Å². The summed E-state index contributed by atoms with van der Waals surface area (Å²) in [6, 6.07) is 10.7. The number of hydrogen-bond donors (Lipinski definition) is 2. The van der Waals surface area contributed by atoms with E-state index in [1.807, 2.05) is 11.6 Å². The van der Waals surface area contributed by atoms with Crippen LogP contribution in [0.2, 0.25) is 5.02 Å². The molecule has 0 aromatic heterocycles. The van der Waals surface area contributed by atoms with Gasteiger partial charge >= 0.3 is 6.03 Å². The largest absolute Gasteiger partial charge is 0.487 e. The van der Waals surface area contributed by atoms with Gasteiger partial charge in [0.2, 0.25) is 0 Å². The standard InChI is InChI=1S/C25H31ClN2O5S/c1-16(2)25-13-12-24(4,33-25)22(14-25)32-21-7-5-6-20(26)19(21)15-27-23(29)28-34(30,31)18-10-8-17(3)9-11-18/h5-11,16,22H,12-15H2,1-4H3,(H2,27,28,29)/t22-,24+,25-/m0/s1. The fourth-order valence-corrected chi connectivity index (χ4v) is 5.97. The van der Waals surface area contributed by atoms with Gasteiger partial charge in [0.1, 0.15) is 17.5 Å². The zero-order valence-electron chi connectivity index (χ0n) is 19.9. The number of sulfonamides is 1. The average Bonchev–Trinajstić information content (AvgIpc) is 3.25. The van der Waals surface area contributed by atoms with E-state index in [-0.39, 0.29) is 28.7 Å². The molecule has 0 saturated carbocycles. The van der Waals surface area contributed by atoms with Crippen LogP contribution >= 0.6 is 11.6 Å². The molecule has 2 aromatic carbocycles. The summed E-state index contributed by atoms with van der Waals surface area (Å²) >= 11 is 6.43. The van der Waals surface area contributed by atoms with Gasteiger partial charge in [-0.2, -0.15) is 0 Å². The summed E-state index contributed by atoms with van der Waals surface area (Å²) in [5.74, 6) is 0.929. The van der Waals surface area contributed by atoms with Gasteiger partial charge in [-0.15, -0.1) is 0 Å². The molecule has 2 aromatic rings. The lowest BCUT2D eigenvalue weighted by Crippen LogP contribution is -2.41. The van der Waals surface area contributed by atoms with Crippen molar-refractivity contribution in [2.75, 3.05) is 0 Å². The normalized spacial score (nSPS) is 26.0. The minimum Gasteiger partial charge on any atom is -0.487 e. The van der Waals surface area contributed by atoms with E-state index in [0.717, 1.165) is 24.8 Å². The Bertz CT molecular complexity index is 1180. The lowest BCUT2D eigenvalue weighted by molar-refractivity contribution is -0.0770. The predicted molar refractivity (Wildman–Crippen MR) is 131 cm³/mol. The van der Waals surface area contributed by atoms with Crippen LogP contribution in [0.5, 0.6) is 5.75 Å². The van der Waals surface area contributed by atoms with E-state index in [1.54, 1.807) is 30.3 Å². The minimum atomic E-state index is -3.99. The number of rotatable bonds is 7. The number of carbonyl (C=O) groups is 1. The van der Waals surface area contributed by atoms with Crippen molar-refractivity contribution in [3.63, 3.8) is 0 Å². The molecule has 2 N–H and O–H groups in total. The van der Waals surface area contributed by atoms with Gasteiger partial charge in [-0.3, -0.25) is 0 Å². The van der Waals surface area contributed by atoms with Gasteiger partial charge in [-0.1, -0.05) is 49.2 Å². The quantitative estimate of drug-likeness (QED) is 0.554. The fourth-order valence-electron chi connectivity index (χ4n) is 4.81. The maximum Gasteiger partial charge on any atom is 0.328 e. The molecule has 3 atom stereocenters. The molecule has 2 heterocycles. The molecular weight excluding hydrogens is 476 g/mol. The Balaban J connectivity index is 1.45. The van der Waals surface area contributed by atoms with Crippen LogP contribution in [0.4, 0.5) is 4.79 Å². The first-order valence-corrected chi connectivity index (χ1v) is 13.3. The highest BCUT2D eigenvalue weighted by Gasteiger charge is 2.61. The second-order valence-electron chi connectivity index (χ2n) is 9.76. The molecule has 2 bridgehead atoms. The number of carbonyl (C=O) groups excluding carboxylic acids is 1. The van der Waals surface area contributed by atoms with E-state index in [4.69, 9.17) is 21.1 Å². The van der Waals surface area contributed by atoms with Crippen LogP contribution in [-0.4, -0.2) is 31.8 Å². The smallest absolute Gasteiger partial charge is 0.328 e. The first-order chi connectivity index (χ1) is 15.9. The van der Waals surface area contributed by atoms with Crippen molar-refractivity contribution in [1.82, 2.24) is 10.0 Å². The fraction of sp³-hybridized carbons (Fsp3) is 0.480. The summed E-state index contributed by atoms with van der Waals surface area (Å²) in [5.41, 5.74) is 0.943. The maximum atomic E-state index is 12.5. The average molecular weight is 507 g/mol. The SMILES string of the molecule is Cc1ccc(S(=O)(=O)NC(=O)NCc2c(Cl)cccc2O[C@H]2C[C@]3(C(C)C)CC[C@@]2(C)O3)cc1. The highest BCUT2D eigenvalue weighted by Crippen LogP contribution is 2.55. The first kappa shape index (κ1) is 24.8. The van der Waals surface area contributed by atoms with Gasteiger partial charge in [0.25, 0.3) is 10.0 Å². The number of benzene rings is 2. The molecule has 7 nitrogen and oxygen atoms in total. The predicted octanol–water partition coefficient (Wildman–Crippen LogP) is 4.95. The van der Waals surface area contributed by atoms with Crippen LogP contribution < -0.4 is 14.8 Å². The van der Waals surface area contributed by atoms with E-state index < -0.39 is 16.1 Å². The molecule has 2 aliphatic rings. The molecular formula is C25H31ClN2O5S. The molecule has 2 amide bonds. The molecule has 0 radical (unpaired) electrons. The molecule has 34 heavy (non-hydrogen) atoms. The maximum absolute atomic E-state index is 12.5. The molecule has 0 spiro atoms. The third-order valence-electron chi connectivity index (χ3n) is 7.07. The Labute approximate surface area is 206 Å². The summed E-state index contributed by atoms with van der Waals surface area (Å²) in [5, 5.41) is 3.01. The van der Waals surface area contributed by atoms with Crippen molar-refractivity contribution in [3.05, 3.63) is 58.6 Å². The highest BCUT2D eigenvalue weighted by atomic mass is 35.5. The Hall–Kier alpha value is -2.29. The molecule has 2 aliphatic heterocycles. The molecule has 184 valence electrons. The van der Waals surface area contributed by atoms with Gasteiger partial charge in [0.05, 0.1) is 10.5 Å². The topological polar surface area (TPSA) is 93.7 Å². The molecule has 4 rings (SSSR count). The number of halogens is 1. The monoisotopic (exact) mass is 506 g/mol. The summed E-state index contributed by atoms with van der Waals surface area (Å²) in [6.45, 7) is 8.29. The number of amides is 2. The Morgan fingerprint density at radius 1 is 1.21 bits per heavy atom. The third-order valence-corrected chi connectivity index (χ3v) is 8.78. The van der Waals surface area contributed by atoms with Gasteiger partial charge in [0.15, 0.2) is 0 Å². The molecule has 2 fully saturated rings. The van der Waals surface area contributed by atoms with Crippen molar-refractivity contribution < 1.29 is 22.7 Å². The van der Waals surface area contributed by atoms with Crippen LogP contribution in [-0.2, 0) is 21.3 Å². The van der Waals surface area contributed by atoms with Crippen molar-refractivity contribution in [2.24, 2.45) is 5.92 Å². The lowest BCUT2D eigenvalue weighted by atomic mass is 9.75. The number of hydrogen-bond acceptors (Lipinski definition) is 5.